The van der Waals surface area contributed by atoms with E-state index in [1.54, 1.807) is 0 Å². The Hall–Kier alpha value is -0.540. The second kappa shape index (κ2) is 6.07. The third-order valence-corrected chi connectivity index (χ3v) is 4.39. The van der Waals surface area contributed by atoms with Crippen molar-refractivity contribution in [3.63, 3.8) is 0 Å². The van der Waals surface area contributed by atoms with Crippen molar-refractivity contribution in [1.82, 2.24) is 0 Å². The number of benzene rings is 1. The predicted molar refractivity (Wildman–Crippen MR) is 82.0 cm³/mol. The molecule has 2 N–H and O–H groups in total. The first-order valence-corrected chi connectivity index (χ1v) is 7.63. The molecule has 0 amide bonds. The molecule has 1 fully saturated rings. The van der Waals surface area contributed by atoms with Gasteiger partial charge in [-0.05, 0) is 49.4 Å². The molecule has 1 aromatic carbocycles. The molecule has 18 heavy (non-hydrogen) atoms. The van der Waals surface area contributed by atoms with Crippen LogP contribution in [0.1, 0.15) is 44.2 Å². The van der Waals surface area contributed by atoms with Crippen LogP contribution in [0.3, 0.4) is 0 Å². The van der Waals surface area contributed by atoms with Gasteiger partial charge in [-0.1, -0.05) is 28.8 Å². The fourth-order valence-electron chi connectivity index (χ4n) is 2.92. The van der Waals surface area contributed by atoms with Crippen LogP contribution in [0.25, 0.3) is 0 Å². The zero-order chi connectivity index (χ0) is 13.1. The molecule has 1 saturated carbocycles. The molecule has 100 valence electrons. The van der Waals surface area contributed by atoms with Gasteiger partial charge in [-0.2, -0.15) is 0 Å². The van der Waals surface area contributed by atoms with E-state index >= 15 is 0 Å². The molecule has 0 radical (unpaired) electrons. The Morgan fingerprint density at radius 1 is 1.39 bits per heavy atom. The van der Waals surface area contributed by atoms with Crippen LogP contribution in [0.2, 0.25) is 0 Å². The van der Waals surface area contributed by atoms with Gasteiger partial charge in [0.2, 0.25) is 0 Å². The van der Waals surface area contributed by atoms with Gasteiger partial charge in [-0.3, -0.25) is 0 Å². The molecule has 3 heteroatoms. The van der Waals surface area contributed by atoms with E-state index in [2.05, 4.69) is 53.0 Å². The third-order valence-electron chi connectivity index (χ3n) is 3.90. The van der Waals surface area contributed by atoms with Gasteiger partial charge in [0.25, 0.3) is 0 Å². The molecular weight excluding hydrogens is 288 g/mol. The van der Waals surface area contributed by atoms with Gasteiger partial charge >= 0.3 is 0 Å². The van der Waals surface area contributed by atoms with Gasteiger partial charge in [0.1, 0.15) is 0 Å². The van der Waals surface area contributed by atoms with Gasteiger partial charge in [0.05, 0.1) is 0 Å². The topological polar surface area (TPSA) is 29.3 Å². The summed E-state index contributed by atoms with van der Waals surface area (Å²) in [6.07, 6.45) is 5.57. The maximum Gasteiger partial charge on any atom is 0.0412 e. The lowest BCUT2D eigenvalue weighted by atomic mass is 10.0. The van der Waals surface area contributed by atoms with Crippen LogP contribution in [-0.2, 0) is 0 Å². The minimum atomic E-state index is 0.0727. The average Bonchev–Trinajstić information content (AvgIpc) is 2.81. The fourth-order valence-corrected chi connectivity index (χ4v) is 3.30. The van der Waals surface area contributed by atoms with E-state index < -0.39 is 0 Å². The van der Waals surface area contributed by atoms with Crippen LogP contribution in [0, 0.1) is 5.92 Å². The summed E-state index contributed by atoms with van der Waals surface area (Å²) in [6.45, 7) is 3.20. The first kappa shape index (κ1) is 13.9. The van der Waals surface area contributed by atoms with Crippen molar-refractivity contribution in [1.29, 1.82) is 0 Å². The van der Waals surface area contributed by atoms with E-state index in [0.29, 0.717) is 0 Å². The van der Waals surface area contributed by atoms with Crippen molar-refractivity contribution in [2.24, 2.45) is 11.7 Å². The van der Waals surface area contributed by atoms with Crippen LogP contribution in [0.4, 0.5) is 5.69 Å². The van der Waals surface area contributed by atoms with Crippen molar-refractivity contribution in [3.05, 3.63) is 28.2 Å². The molecule has 0 saturated heterocycles. The maximum atomic E-state index is 6.08. The molecule has 1 aliphatic rings. The number of hydrogen-bond donors (Lipinski definition) is 1. The first-order chi connectivity index (χ1) is 8.58. The van der Waals surface area contributed by atoms with Gasteiger partial charge in [0.15, 0.2) is 0 Å². The SMILES string of the molecule is CC(N)c1cc(Br)ccc1N(C)CC1CCCC1. The molecule has 0 aromatic heterocycles. The lowest BCUT2D eigenvalue weighted by Gasteiger charge is -2.27. The van der Waals surface area contributed by atoms with Crippen molar-refractivity contribution in [3.8, 4) is 0 Å². The zero-order valence-electron chi connectivity index (χ0n) is 11.3. The number of anilines is 1. The zero-order valence-corrected chi connectivity index (χ0v) is 12.9. The van der Waals surface area contributed by atoms with Crippen molar-refractivity contribution in [2.45, 2.75) is 38.6 Å². The Morgan fingerprint density at radius 3 is 2.67 bits per heavy atom. The normalized spacial score (nSPS) is 18.0. The maximum absolute atomic E-state index is 6.08. The second-order valence-electron chi connectivity index (χ2n) is 5.52. The summed E-state index contributed by atoms with van der Waals surface area (Å²) in [4.78, 5) is 2.38. The minimum Gasteiger partial charge on any atom is -0.374 e. The largest absolute Gasteiger partial charge is 0.374 e. The third kappa shape index (κ3) is 3.27. The Morgan fingerprint density at radius 2 is 2.06 bits per heavy atom. The van der Waals surface area contributed by atoms with Crippen LogP contribution in [-0.4, -0.2) is 13.6 Å². The monoisotopic (exact) mass is 310 g/mol. The summed E-state index contributed by atoms with van der Waals surface area (Å²) in [6, 6.07) is 6.50. The molecule has 1 unspecified atom stereocenters. The highest BCUT2D eigenvalue weighted by atomic mass is 79.9. The summed E-state index contributed by atoms with van der Waals surface area (Å²) in [7, 11) is 2.19. The Labute approximate surface area is 119 Å². The summed E-state index contributed by atoms with van der Waals surface area (Å²) < 4.78 is 1.10. The number of rotatable bonds is 4. The smallest absolute Gasteiger partial charge is 0.0412 e. The van der Waals surface area contributed by atoms with E-state index in [0.717, 1.165) is 16.9 Å². The highest BCUT2D eigenvalue weighted by molar-refractivity contribution is 9.10. The van der Waals surface area contributed by atoms with E-state index in [-0.39, 0.29) is 6.04 Å². The van der Waals surface area contributed by atoms with E-state index in [9.17, 15) is 0 Å². The molecule has 2 nitrogen and oxygen atoms in total. The average molecular weight is 311 g/mol. The molecule has 1 atom stereocenters. The Kier molecular flexibility index (Phi) is 4.68. The summed E-state index contributed by atoms with van der Waals surface area (Å²) in [5, 5.41) is 0. The summed E-state index contributed by atoms with van der Waals surface area (Å²) in [5.41, 5.74) is 8.59. The minimum absolute atomic E-state index is 0.0727. The van der Waals surface area contributed by atoms with Gasteiger partial charge in [-0.15, -0.1) is 0 Å². The second-order valence-corrected chi connectivity index (χ2v) is 6.44. The van der Waals surface area contributed by atoms with Crippen LogP contribution < -0.4 is 10.6 Å². The van der Waals surface area contributed by atoms with Crippen LogP contribution in [0.5, 0.6) is 0 Å². The quantitative estimate of drug-likeness (QED) is 0.907. The molecule has 1 aromatic rings. The lowest BCUT2D eigenvalue weighted by Crippen LogP contribution is -2.26. The fraction of sp³-hybridized carbons (Fsp3) is 0.600. The van der Waals surface area contributed by atoms with Crippen molar-refractivity contribution in [2.75, 3.05) is 18.5 Å². The molecule has 0 heterocycles. The number of halogens is 1. The Bertz CT molecular complexity index is 397. The predicted octanol–water partition coefficient (Wildman–Crippen LogP) is 4.10. The van der Waals surface area contributed by atoms with Crippen molar-refractivity contribution < 1.29 is 0 Å². The molecular formula is C15H23BrN2. The standard InChI is InChI=1S/C15H23BrN2/c1-11(17)14-9-13(16)7-8-15(14)18(2)10-12-5-3-4-6-12/h7-9,11-12H,3-6,10,17H2,1-2H3. The van der Waals surface area contributed by atoms with E-state index in [4.69, 9.17) is 5.73 Å². The summed E-state index contributed by atoms with van der Waals surface area (Å²) in [5.74, 6) is 0.861. The number of nitrogens with zero attached hydrogens (tertiary/aromatic N) is 1. The molecule has 1 aliphatic carbocycles. The molecule has 0 spiro atoms. The van der Waals surface area contributed by atoms with E-state index in [1.165, 1.54) is 36.9 Å². The van der Waals surface area contributed by atoms with Gasteiger partial charge in [-0.25, -0.2) is 0 Å². The number of hydrogen-bond acceptors (Lipinski definition) is 2. The molecule has 0 bridgehead atoms. The first-order valence-electron chi connectivity index (χ1n) is 6.84. The van der Waals surface area contributed by atoms with Crippen molar-refractivity contribution >= 4 is 21.6 Å². The van der Waals surface area contributed by atoms with Gasteiger partial charge < -0.3 is 10.6 Å². The molecule has 0 aliphatic heterocycles. The molecule has 2 rings (SSSR count). The lowest BCUT2D eigenvalue weighted by molar-refractivity contribution is 0.546. The van der Waals surface area contributed by atoms with Crippen LogP contribution in [0.15, 0.2) is 22.7 Å². The highest BCUT2D eigenvalue weighted by Crippen LogP contribution is 2.31. The van der Waals surface area contributed by atoms with Crippen LogP contribution >= 0.6 is 15.9 Å². The highest BCUT2D eigenvalue weighted by Gasteiger charge is 2.19. The van der Waals surface area contributed by atoms with Gasteiger partial charge in [0, 0.05) is 29.8 Å². The summed E-state index contributed by atoms with van der Waals surface area (Å²) >= 11 is 3.53. The van der Waals surface area contributed by atoms with E-state index in [1.807, 2.05) is 0 Å². The Balaban J connectivity index is 2.15. The number of nitrogens with two attached hydrogens (primary N) is 1.